The Morgan fingerprint density at radius 3 is 2.44 bits per heavy atom. The number of thioether (sulfide) groups is 1. The lowest BCUT2D eigenvalue weighted by molar-refractivity contribution is -0.150. The first-order chi connectivity index (χ1) is 11.7. The van der Waals surface area contributed by atoms with E-state index >= 15 is 0 Å². The second kappa shape index (κ2) is 7.38. The van der Waals surface area contributed by atoms with Gasteiger partial charge in [0.05, 0.1) is 6.10 Å². The van der Waals surface area contributed by atoms with Gasteiger partial charge in [-0.3, -0.25) is 9.69 Å². The van der Waals surface area contributed by atoms with Crippen LogP contribution in [0.5, 0.6) is 0 Å². The molecule has 0 bridgehead atoms. The Balaban J connectivity index is 2.58. The summed E-state index contributed by atoms with van der Waals surface area (Å²) in [7, 11) is 0. The van der Waals surface area contributed by atoms with Crippen LogP contribution in [0.15, 0.2) is 30.3 Å². The number of amides is 1. The van der Waals surface area contributed by atoms with E-state index in [0.29, 0.717) is 17.7 Å². The van der Waals surface area contributed by atoms with Crippen molar-refractivity contribution in [2.24, 2.45) is 5.41 Å². The Hall–Kier alpha value is -1.53. The van der Waals surface area contributed by atoms with Crippen molar-refractivity contribution in [2.75, 3.05) is 12.0 Å². The predicted octanol–water partition coefficient (Wildman–Crippen LogP) is 2.93. The fourth-order valence-corrected chi connectivity index (χ4v) is 3.71. The SMILES string of the molecule is CSCC[C@]1([C@@H](C)O)C(=O)O[C@H](C(C)(C)C)N1C(=O)c1ccccc1. The second-order valence-electron chi connectivity index (χ2n) is 7.51. The number of rotatable bonds is 5. The lowest BCUT2D eigenvalue weighted by Gasteiger charge is -2.41. The van der Waals surface area contributed by atoms with Crippen molar-refractivity contribution in [3.63, 3.8) is 0 Å². The fraction of sp³-hybridized carbons (Fsp3) is 0.579. The zero-order chi connectivity index (χ0) is 18.8. The highest BCUT2D eigenvalue weighted by Crippen LogP contribution is 2.43. The van der Waals surface area contributed by atoms with Gasteiger partial charge in [0.2, 0.25) is 0 Å². The highest BCUT2D eigenvalue weighted by molar-refractivity contribution is 7.98. The maximum Gasteiger partial charge on any atom is 0.336 e. The van der Waals surface area contributed by atoms with Gasteiger partial charge in [0.15, 0.2) is 11.8 Å². The van der Waals surface area contributed by atoms with Gasteiger partial charge in [-0.25, -0.2) is 4.79 Å². The zero-order valence-corrected chi connectivity index (χ0v) is 16.3. The Labute approximate surface area is 153 Å². The topological polar surface area (TPSA) is 66.8 Å². The fourth-order valence-electron chi connectivity index (χ4n) is 3.20. The van der Waals surface area contributed by atoms with E-state index in [9.17, 15) is 14.7 Å². The van der Waals surface area contributed by atoms with Crippen molar-refractivity contribution in [2.45, 2.75) is 52.0 Å². The van der Waals surface area contributed by atoms with Crippen LogP contribution in [0.2, 0.25) is 0 Å². The molecule has 2 rings (SSSR count). The van der Waals surface area contributed by atoms with Crippen molar-refractivity contribution in [1.29, 1.82) is 0 Å². The minimum absolute atomic E-state index is 0.298. The molecule has 1 aromatic rings. The summed E-state index contributed by atoms with van der Waals surface area (Å²) in [4.78, 5) is 27.6. The summed E-state index contributed by atoms with van der Waals surface area (Å²) in [6.07, 6.45) is 0.507. The highest BCUT2D eigenvalue weighted by atomic mass is 32.2. The van der Waals surface area contributed by atoms with E-state index < -0.39 is 29.3 Å². The van der Waals surface area contributed by atoms with Gasteiger partial charge in [-0.1, -0.05) is 39.0 Å². The van der Waals surface area contributed by atoms with Gasteiger partial charge in [-0.2, -0.15) is 11.8 Å². The average molecular weight is 365 g/mol. The maximum atomic E-state index is 13.3. The maximum absolute atomic E-state index is 13.3. The van der Waals surface area contributed by atoms with E-state index in [4.69, 9.17) is 4.74 Å². The second-order valence-corrected chi connectivity index (χ2v) is 8.49. The van der Waals surface area contributed by atoms with Crippen LogP contribution in [-0.2, 0) is 9.53 Å². The van der Waals surface area contributed by atoms with E-state index in [-0.39, 0.29) is 5.91 Å². The molecule has 0 saturated carbocycles. The standard InChI is InChI=1S/C19H27NO4S/c1-13(21)19(11-12-25-5)17(23)24-16(18(2,3)4)20(19)15(22)14-9-7-6-8-10-14/h6-10,13,16,21H,11-12H2,1-5H3/t13-,16-,19+/m1/s1. The van der Waals surface area contributed by atoms with Gasteiger partial charge in [0, 0.05) is 11.0 Å². The Bertz CT molecular complexity index is 626. The van der Waals surface area contributed by atoms with Gasteiger partial charge in [0.25, 0.3) is 5.91 Å². The molecule has 1 N–H and O–H groups in total. The van der Waals surface area contributed by atoms with Gasteiger partial charge < -0.3 is 9.84 Å². The van der Waals surface area contributed by atoms with Gasteiger partial charge in [0.1, 0.15) is 0 Å². The molecule has 0 aliphatic carbocycles. The number of aliphatic hydroxyl groups is 1. The predicted molar refractivity (Wildman–Crippen MR) is 99.4 cm³/mol. The lowest BCUT2D eigenvalue weighted by Crippen LogP contribution is -2.61. The number of hydrogen-bond acceptors (Lipinski definition) is 5. The van der Waals surface area contributed by atoms with Crippen molar-refractivity contribution in [3.8, 4) is 0 Å². The molecule has 5 nitrogen and oxygen atoms in total. The molecular formula is C19H27NO4S. The van der Waals surface area contributed by atoms with E-state index in [1.54, 1.807) is 43.0 Å². The minimum Gasteiger partial charge on any atom is -0.439 e. The molecule has 0 radical (unpaired) electrons. The quantitative estimate of drug-likeness (QED) is 0.813. The smallest absolute Gasteiger partial charge is 0.336 e. The molecule has 1 heterocycles. The van der Waals surface area contributed by atoms with Crippen molar-refractivity contribution < 1.29 is 19.4 Å². The van der Waals surface area contributed by atoms with Crippen LogP contribution in [0.3, 0.4) is 0 Å². The van der Waals surface area contributed by atoms with Gasteiger partial charge in [-0.15, -0.1) is 0 Å². The molecule has 3 atom stereocenters. The van der Waals surface area contributed by atoms with Gasteiger partial charge >= 0.3 is 5.97 Å². The molecule has 1 saturated heterocycles. The van der Waals surface area contributed by atoms with Crippen LogP contribution >= 0.6 is 11.8 Å². The largest absolute Gasteiger partial charge is 0.439 e. The number of hydrogen-bond donors (Lipinski definition) is 1. The number of benzene rings is 1. The normalized spacial score (nSPS) is 25.0. The first-order valence-electron chi connectivity index (χ1n) is 8.43. The van der Waals surface area contributed by atoms with Crippen LogP contribution in [0.25, 0.3) is 0 Å². The molecule has 25 heavy (non-hydrogen) atoms. The summed E-state index contributed by atoms with van der Waals surface area (Å²) in [5.41, 5.74) is -1.37. The number of carbonyl (C=O) groups is 2. The molecule has 1 aliphatic heterocycles. The molecule has 0 unspecified atom stereocenters. The highest BCUT2D eigenvalue weighted by Gasteiger charge is 2.62. The van der Waals surface area contributed by atoms with Crippen LogP contribution in [0, 0.1) is 5.41 Å². The molecule has 0 aromatic heterocycles. The van der Waals surface area contributed by atoms with E-state index in [1.807, 2.05) is 33.1 Å². The van der Waals surface area contributed by atoms with Crippen molar-refractivity contribution in [3.05, 3.63) is 35.9 Å². The third-order valence-electron chi connectivity index (χ3n) is 4.60. The molecule has 1 amide bonds. The number of esters is 1. The molecule has 1 aliphatic rings. The number of nitrogens with zero attached hydrogens (tertiary/aromatic N) is 1. The van der Waals surface area contributed by atoms with E-state index in [1.165, 1.54) is 4.90 Å². The van der Waals surface area contributed by atoms with Crippen molar-refractivity contribution >= 4 is 23.6 Å². The van der Waals surface area contributed by atoms with Crippen LogP contribution in [0.1, 0.15) is 44.5 Å². The molecule has 0 spiro atoms. The van der Waals surface area contributed by atoms with E-state index in [2.05, 4.69) is 0 Å². The van der Waals surface area contributed by atoms with Crippen LogP contribution in [-0.4, -0.2) is 51.8 Å². The third kappa shape index (κ3) is 3.55. The molecule has 6 heteroatoms. The Kier molecular flexibility index (Phi) is 5.84. The summed E-state index contributed by atoms with van der Waals surface area (Å²) < 4.78 is 5.65. The zero-order valence-electron chi connectivity index (χ0n) is 15.5. The summed E-state index contributed by atoms with van der Waals surface area (Å²) in [5.74, 6) is -0.191. The van der Waals surface area contributed by atoms with Crippen LogP contribution < -0.4 is 0 Å². The minimum atomic E-state index is -1.37. The molecule has 138 valence electrons. The summed E-state index contributed by atoms with van der Waals surface area (Å²) in [6.45, 7) is 7.31. The van der Waals surface area contributed by atoms with E-state index in [0.717, 1.165) is 0 Å². The molecule has 1 fully saturated rings. The first kappa shape index (κ1) is 19.8. The average Bonchev–Trinajstić information content (AvgIpc) is 2.87. The monoisotopic (exact) mass is 365 g/mol. The summed E-state index contributed by atoms with van der Waals surface area (Å²) >= 11 is 1.57. The van der Waals surface area contributed by atoms with Crippen LogP contribution in [0.4, 0.5) is 0 Å². The molecular weight excluding hydrogens is 338 g/mol. The van der Waals surface area contributed by atoms with Crippen molar-refractivity contribution in [1.82, 2.24) is 4.90 Å². The summed E-state index contributed by atoms with van der Waals surface area (Å²) in [6, 6.07) is 8.83. The first-order valence-corrected chi connectivity index (χ1v) is 9.82. The number of carbonyl (C=O) groups excluding carboxylic acids is 2. The number of aliphatic hydroxyl groups excluding tert-OH is 1. The Morgan fingerprint density at radius 1 is 1.36 bits per heavy atom. The molecule has 1 aromatic carbocycles. The Morgan fingerprint density at radius 2 is 1.96 bits per heavy atom. The number of cyclic esters (lactones) is 1. The lowest BCUT2D eigenvalue weighted by atomic mass is 9.85. The van der Waals surface area contributed by atoms with Gasteiger partial charge in [-0.05, 0) is 37.5 Å². The summed E-state index contributed by atoms with van der Waals surface area (Å²) in [5, 5.41) is 10.5. The number of ether oxygens (including phenoxy) is 1. The third-order valence-corrected chi connectivity index (χ3v) is 5.21.